The summed E-state index contributed by atoms with van der Waals surface area (Å²) in [6, 6.07) is -0.0724. The van der Waals surface area contributed by atoms with Crippen LogP contribution in [0.15, 0.2) is 0 Å². The van der Waals surface area contributed by atoms with Gasteiger partial charge in [-0.15, -0.1) is 0 Å². The number of rotatable bonds is 4. The Morgan fingerprint density at radius 2 is 1.81 bits per heavy atom. The Hall–Kier alpha value is -0.610. The van der Waals surface area contributed by atoms with E-state index in [1.807, 2.05) is 6.92 Å². The number of likely N-dealkylation sites (tertiary alicyclic amines) is 1. The number of aliphatic hydroxyl groups excluding tert-OH is 1. The molecule has 1 aliphatic rings. The molecule has 16 heavy (non-hydrogen) atoms. The zero-order valence-electron chi connectivity index (χ0n) is 10.4. The fourth-order valence-corrected chi connectivity index (χ4v) is 2.04. The predicted octanol–water partition coefficient (Wildman–Crippen LogP) is 0.748. The molecule has 4 nitrogen and oxygen atoms in total. The Balaban J connectivity index is 2.35. The number of hydrogen-bond acceptors (Lipinski definition) is 3. The molecule has 1 saturated heterocycles. The van der Waals surface area contributed by atoms with Crippen molar-refractivity contribution in [3.05, 3.63) is 0 Å². The molecule has 2 unspecified atom stereocenters. The van der Waals surface area contributed by atoms with Crippen molar-refractivity contribution in [1.29, 1.82) is 0 Å². The number of hydrogen-bond donors (Lipinski definition) is 2. The second-order valence-electron chi connectivity index (χ2n) is 4.72. The van der Waals surface area contributed by atoms with Crippen molar-refractivity contribution < 1.29 is 9.90 Å². The van der Waals surface area contributed by atoms with Crippen LogP contribution in [0.1, 0.15) is 39.5 Å². The van der Waals surface area contributed by atoms with Gasteiger partial charge in [0, 0.05) is 6.54 Å². The summed E-state index contributed by atoms with van der Waals surface area (Å²) in [5.41, 5.74) is 0. The minimum atomic E-state index is -0.472. The molecule has 1 fully saturated rings. The van der Waals surface area contributed by atoms with E-state index in [0.29, 0.717) is 6.54 Å². The number of amides is 1. The molecule has 0 saturated carbocycles. The molecule has 1 heterocycles. The summed E-state index contributed by atoms with van der Waals surface area (Å²) in [5.74, 6) is 0.0304. The predicted molar refractivity (Wildman–Crippen MR) is 64.2 cm³/mol. The van der Waals surface area contributed by atoms with Gasteiger partial charge in [-0.2, -0.15) is 0 Å². The van der Waals surface area contributed by atoms with Gasteiger partial charge in [-0.1, -0.05) is 12.8 Å². The molecule has 0 radical (unpaired) electrons. The van der Waals surface area contributed by atoms with Crippen LogP contribution in [0.25, 0.3) is 0 Å². The average Bonchev–Trinajstić information content (AvgIpc) is 2.53. The summed E-state index contributed by atoms with van der Waals surface area (Å²) < 4.78 is 0. The smallest absolute Gasteiger partial charge is 0.237 e. The van der Waals surface area contributed by atoms with E-state index in [2.05, 4.69) is 10.2 Å². The van der Waals surface area contributed by atoms with Gasteiger partial charge >= 0.3 is 0 Å². The molecule has 0 aromatic carbocycles. The van der Waals surface area contributed by atoms with Crippen LogP contribution in [-0.4, -0.2) is 47.7 Å². The van der Waals surface area contributed by atoms with E-state index in [4.69, 9.17) is 5.11 Å². The monoisotopic (exact) mass is 228 g/mol. The van der Waals surface area contributed by atoms with Gasteiger partial charge in [0.1, 0.15) is 0 Å². The molecule has 0 spiro atoms. The van der Waals surface area contributed by atoms with Gasteiger partial charge in [-0.3, -0.25) is 9.69 Å². The second kappa shape index (κ2) is 6.86. The quantitative estimate of drug-likeness (QED) is 0.746. The van der Waals surface area contributed by atoms with Crippen molar-refractivity contribution in [3.8, 4) is 0 Å². The molecule has 4 heteroatoms. The summed E-state index contributed by atoms with van der Waals surface area (Å²) in [5, 5.41) is 11.9. The molecule has 0 aromatic heterocycles. The first-order chi connectivity index (χ1) is 7.61. The van der Waals surface area contributed by atoms with Gasteiger partial charge in [-0.25, -0.2) is 0 Å². The number of carbonyl (C=O) groups excluding carboxylic acids is 1. The SMILES string of the molecule is CC(O)CNC(=O)C(C)N1CCCCCC1. The van der Waals surface area contributed by atoms with Crippen LogP contribution in [-0.2, 0) is 4.79 Å². The van der Waals surface area contributed by atoms with Gasteiger partial charge in [0.15, 0.2) is 0 Å². The second-order valence-corrected chi connectivity index (χ2v) is 4.72. The lowest BCUT2D eigenvalue weighted by Crippen LogP contribution is -2.46. The van der Waals surface area contributed by atoms with Gasteiger partial charge in [0.25, 0.3) is 0 Å². The third-order valence-electron chi connectivity index (χ3n) is 3.14. The standard InChI is InChI=1S/C12H24N2O2/c1-10(15)9-13-12(16)11(2)14-7-5-3-4-6-8-14/h10-11,15H,3-9H2,1-2H3,(H,13,16). The molecule has 1 amide bonds. The Labute approximate surface area is 98.0 Å². The number of aliphatic hydroxyl groups is 1. The number of nitrogens with zero attached hydrogens (tertiary/aromatic N) is 1. The third-order valence-corrected chi connectivity index (χ3v) is 3.14. The zero-order valence-corrected chi connectivity index (χ0v) is 10.4. The van der Waals surface area contributed by atoms with Crippen LogP contribution < -0.4 is 5.32 Å². The largest absolute Gasteiger partial charge is 0.392 e. The van der Waals surface area contributed by atoms with Crippen molar-refractivity contribution in [3.63, 3.8) is 0 Å². The highest BCUT2D eigenvalue weighted by molar-refractivity contribution is 5.81. The summed E-state index contributed by atoms with van der Waals surface area (Å²) in [4.78, 5) is 14.0. The summed E-state index contributed by atoms with van der Waals surface area (Å²) in [7, 11) is 0. The summed E-state index contributed by atoms with van der Waals surface area (Å²) in [6.45, 7) is 6.00. The fraction of sp³-hybridized carbons (Fsp3) is 0.917. The molecule has 2 N–H and O–H groups in total. The Kier molecular flexibility index (Phi) is 5.77. The van der Waals surface area contributed by atoms with Crippen LogP contribution in [0.5, 0.6) is 0 Å². The Bertz CT molecular complexity index is 211. The van der Waals surface area contributed by atoms with Gasteiger partial charge < -0.3 is 10.4 Å². The van der Waals surface area contributed by atoms with E-state index in [1.54, 1.807) is 6.92 Å². The number of nitrogens with one attached hydrogen (secondary N) is 1. The summed E-state index contributed by atoms with van der Waals surface area (Å²) in [6.07, 6.45) is 4.46. The molecular weight excluding hydrogens is 204 g/mol. The van der Waals surface area contributed by atoms with Crippen LogP contribution >= 0.6 is 0 Å². The van der Waals surface area contributed by atoms with E-state index >= 15 is 0 Å². The van der Waals surface area contributed by atoms with E-state index in [-0.39, 0.29) is 11.9 Å². The van der Waals surface area contributed by atoms with E-state index < -0.39 is 6.10 Å². The van der Waals surface area contributed by atoms with Crippen LogP contribution in [0.2, 0.25) is 0 Å². The Morgan fingerprint density at radius 3 is 2.31 bits per heavy atom. The normalized spacial score (nSPS) is 22.2. The lowest BCUT2D eigenvalue weighted by atomic mass is 10.2. The molecule has 0 aliphatic carbocycles. The average molecular weight is 228 g/mol. The third kappa shape index (κ3) is 4.49. The Morgan fingerprint density at radius 1 is 1.25 bits per heavy atom. The van der Waals surface area contributed by atoms with Gasteiger partial charge in [0.05, 0.1) is 12.1 Å². The molecule has 2 atom stereocenters. The van der Waals surface area contributed by atoms with Crippen LogP contribution in [0.3, 0.4) is 0 Å². The first-order valence-electron chi connectivity index (χ1n) is 6.31. The highest BCUT2D eigenvalue weighted by Crippen LogP contribution is 2.12. The summed E-state index contributed by atoms with van der Waals surface area (Å²) >= 11 is 0. The van der Waals surface area contributed by atoms with Crippen molar-refractivity contribution in [2.75, 3.05) is 19.6 Å². The van der Waals surface area contributed by atoms with E-state index in [0.717, 1.165) is 13.1 Å². The van der Waals surface area contributed by atoms with Crippen molar-refractivity contribution in [2.24, 2.45) is 0 Å². The molecule has 0 bridgehead atoms. The molecule has 1 aliphatic heterocycles. The van der Waals surface area contributed by atoms with E-state index in [9.17, 15) is 4.79 Å². The lowest BCUT2D eigenvalue weighted by molar-refractivity contribution is -0.126. The molecule has 1 rings (SSSR count). The van der Waals surface area contributed by atoms with Crippen LogP contribution in [0, 0.1) is 0 Å². The van der Waals surface area contributed by atoms with Crippen molar-refractivity contribution in [1.82, 2.24) is 10.2 Å². The fourth-order valence-electron chi connectivity index (χ4n) is 2.04. The molecule has 94 valence electrons. The topological polar surface area (TPSA) is 52.6 Å². The van der Waals surface area contributed by atoms with Gasteiger partial charge in [-0.05, 0) is 39.8 Å². The van der Waals surface area contributed by atoms with Crippen molar-refractivity contribution >= 4 is 5.91 Å². The molecular formula is C12H24N2O2. The number of carbonyl (C=O) groups is 1. The maximum absolute atomic E-state index is 11.8. The highest BCUT2D eigenvalue weighted by atomic mass is 16.3. The first-order valence-corrected chi connectivity index (χ1v) is 6.31. The van der Waals surface area contributed by atoms with Gasteiger partial charge in [0.2, 0.25) is 5.91 Å². The highest BCUT2D eigenvalue weighted by Gasteiger charge is 2.21. The van der Waals surface area contributed by atoms with Crippen molar-refractivity contribution in [2.45, 2.75) is 51.7 Å². The van der Waals surface area contributed by atoms with Crippen LogP contribution in [0.4, 0.5) is 0 Å². The minimum Gasteiger partial charge on any atom is -0.392 e. The van der Waals surface area contributed by atoms with E-state index in [1.165, 1.54) is 25.7 Å². The first kappa shape index (κ1) is 13.5. The lowest BCUT2D eigenvalue weighted by Gasteiger charge is -2.26. The zero-order chi connectivity index (χ0) is 12.0. The molecule has 0 aromatic rings. The minimum absolute atomic E-state index is 0.0304. The maximum atomic E-state index is 11.8. The maximum Gasteiger partial charge on any atom is 0.237 e.